The maximum Gasteiger partial charge on any atom is 0.251 e. The molecule has 0 radical (unpaired) electrons. The quantitative estimate of drug-likeness (QED) is 0.582. The molecule has 0 spiro atoms. The van der Waals surface area contributed by atoms with Crippen molar-refractivity contribution >= 4 is 20.5 Å². The fourth-order valence-corrected chi connectivity index (χ4v) is 8.54. The van der Waals surface area contributed by atoms with Gasteiger partial charge in [0.15, 0.2) is 0 Å². The van der Waals surface area contributed by atoms with Crippen molar-refractivity contribution in [2.45, 2.75) is 44.7 Å². The SMILES string of the molecule is COc1cc(C)c(S2(=O)=C3C=C(C(=O)NCc4cccc(CN5CCCC5)c4)C=C3CN2C)c(C)c1. The number of carbonyl (C=O) groups is 1. The van der Waals surface area contributed by atoms with Gasteiger partial charge in [0.2, 0.25) is 0 Å². The highest BCUT2D eigenvalue weighted by Crippen LogP contribution is 2.36. The normalized spacial score (nSPS) is 21.9. The van der Waals surface area contributed by atoms with Crippen LogP contribution in [0.2, 0.25) is 0 Å². The van der Waals surface area contributed by atoms with Gasteiger partial charge in [-0.3, -0.25) is 9.69 Å². The fraction of sp³-hybridized carbons (Fsp3) is 0.379. The molecule has 6 nitrogen and oxygen atoms in total. The third-order valence-electron chi connectivity index (χ3n) is 7.32. The number of benzene rings is 2. The second-order valence-corrected chi connectivity index (χ2v) is 12.5. The second-order valence-electron chi connectivity index (χ2n) is 10.0. The van der Waals surface area contributed by atoms with Crippen LogP contribution in [0.4, 0.5) is 0 Å². The van der Waals surface area contributed by atoms with Crippen molar-refractivity contribution in [3.05, 3.63) is 82.0 Å². The van der Waals surface area contributed by atoms with E-state index in [0.717, 1.165) is 57.4 Å². The van der Waals surface area contributed by atoms with E-state index < -0.39 is 9.71 Å². The number of likely N-dealkylation sites (tertiary alicyclic amines) is 1. The van der Waals surface area contributed by atoms with Gasteiger partial charge in [0, 0.05) is 25.2 Å². The van der Waals surface area contributed by atoms with E-state index in [1.165, 1.54) is 18.4 Å². The van der Waals surface area contributed by atoms with E-state index in [2.05, 4.69) is 34.5 Å². The minimum absolute atomic E-state index is 0.137. The molecule has 5 rings (SSSR count). The first-order valence-corrected chi connectivity index (χ1v) is 14.1. The summed E-state index contributed by atoms with van der Waals surface area (Å²) in [4.78, 5) is 17.1. The molecule has 2 heterocycles. The molecule has 2 aromatic carbocycles. The van der Waals surface area contributed by atoms with Gasteiger partial charge in [-0.1, -0.05) is 24.3 Å². The van der Waals surface area contributed by atoms with Gasteiger partial charge < -0.3 is 10.1 Å². The molecule has 1 atom stereocenters. The maximum atomic E-state index is 14.5. The van der Waals surface area contributed by atoms with Crippen LogP contribution in [-0.2, 0) is 27.6 Å². The van der Waals surface area contributed by atoms with E-state index in [9.17, 15) is 9.00 Å². The largest absolute Gasteiger partial charge is 0.497 e. The monoisotopic (exact) mass is 505 g/mol. The Bertz CT molecular complexity index is 1370. The van der Waals surface area contributed by atoms with Gasteiger partial charge in [0.1, 0.15) is 5.75 Å². The lowest BCUT2D eigenvalue weighted by molar-refractivity contribution is -0.117. The third-order valence-corrected chi connectivity index (χ3v) is 10.5. The van der Waals surface area contributed by atoms with E-state index in [-0.39, 0.29) is 5.91 Å². The number of allylic oxidation sites excluding steroid dienone is 1. The van der Waals surface area contributed by atoms with Gasteiger partial charge in [-0.2, -0.15) is 0 Å². The molecule has 1 saturated heterocycles. The molecule has 0 aromatic heterocycles. The minimum atomic E-state index is -2.66. The zero-order valence-electron chi connectivity index (χ0n) is 21.6. The maximum absolute atomic E-state index is 14.5. The van der Waals surface area contributed by atoms with Crippen molar-refractivity contribution < 1.29 is 13.7 Å². The summed E-state index contributed by atoms with van der Waals surface area (Å²) in [5.41, 5.74) is 5.75. The molecule has 3 aliphatic rings. The Balaban J connectivity index is 1.37. The van der Waals surface area contributed by atoms with Gasteiger partial charge >= 0.3 is 0 Å². The molecule has 1 unspecified atom stereocenters. The number of ether oxygens (including phenoxy) is 1. The summed E-state index contributed by atoms with van der Waals surface area (Å²) < 4.78 is 21.8. The molecule has 190 valence electrons. The highest BCUT2D eigenvalue weighted by Gasteiger charge is 2.37. The zero-order chi connectivity index (χ0) is 25.4. The summed E-state index contributed by atoms with van der Waals surface area (Å²) in [7, 11) is 0.867. The number of hydrogen-bond acceptors (Lipinski definition) is 4. The number of carbonyl (C=O) groups excluding carboxylic acids is 1. The Hall–Kier alpha value is -2.87. The molecule has 1 N–H and O–H groups in total. The molecule has 7 heteroatoms. The number of nitrogens with one attached hydrogen (secondary N) is 1. The Morgan fingerprint density at radius 1 is 1.06 bits per heavy atom. The molecule has 1 aliphatic carbocycles. The van der Waals surface area contributed by atoms with Crippen LogP contribution in [0.25, 0.3) is 0 Å². The average Bonchev–Trinajstić information content (AvgIpc) is 3.56. The van der Waals surface area contributed by atoms with Crippen molar-refractivity contribution in [2.24, 2.45) is 0 Å². The number of nitrogens with zero attached hydrogens (tertiary/aromatic N) is 2. The first kappa shape index (κ1) is 24.8. The molecule has 2 aliphatic heterocycles. The van der Waals surface area contributed by atoms with Gasteiger partial charge in [0.05, 0.1) is 26.6 Å². The Labute approximate surface area is 214 Å². The van der Waals surface area contributed by atoms with Gasteiger partial charge in [0.25, 0.3) is 5.91 Å². The summed E-state index contributed by atoms with van der Waals surface area (Å²) in [6.45, 7) is 8.24. The predicted octanol–water partition coefficient (Wildman–Crippen LogP) is 3.77. The molecule has 1 amide bonds. The van der Waals surface area contributed by atoms with Crippen molar-refractivity contribution in [1.82, 2.24) is 14.5 Å². The van der Waals surface area contributed by atoms with Crippen LogP contribution >= 0.6 is 0 Å². The van der Waals surface area contributed by atoms with E-state index in [0.29, 0.717) is 18.7 Å². The number of fused-ring (bicyclic) bond motifs is 1. The van der Waals surface area contributed by atoms with Crippen LogP contribution in [0.15, 0.2) is 64.6 Å². The van der Waals surface area contributed by atoms with Crippen LogP contribution in [0.3, 0.4) is 0 Å². The van der Waals surface area contributed by atoms with Crippen LogP contribution in [0.5, 0.6) is 5.75 Å². The van der Waals surface area contributed by atoms with E-state index in [1.54, 1.807) is 7.11 Å². The summed E-state index contributed by atoms with van der Waals surface area (Å²) in [6, 6.07) is 12.3. The smallest absolute Gasteiger partial charge is 0.251 e. The fourth-order valence-electron chi connectivity index (χ4n) is 5.60. The lowest BCUT2D eigenvalue weighted by atomic mass is 10.1. The minimum Gasteiger partial charge on any atom is -0.497 e. The lowest BCUT2D eigenvalue weighted by Gasteiger charge is -2.22. The molecular weight excluding hydrogens is 470 g/mol. The highest BCUT2D eigenvalue weighted by molar-refractivity contribution is 8.01. The van der Waals surface area contributed by atoms with E-state index >= 15 is 0 Å². The second kappa shape index (κ2) is 9.88. The number of aryl methyl sites for hydroxylation is 2. The predicted molar refractivity (Wildman–Crippen MR) is 145 cm³/mol. The molecule has 0 saturated carbocycles. The first-order chi connectivity index (χ1) is 17.3. The summed E-state index contributed by atoms with van der Waals surface area (Å²) in [5.74, 6) is 0.617. The van der Waals surface area contributed by atoms with Gasteiger partial charge in [-0.15, -0.1) is 0 Å². The highest BCUT2D eigenvalue weighted by atomic mass is 32.2. The third kappa shape index (κ3) is 4.51. The molecule has 2 aromatic rings. The number of hydrogen-bond donors (Lipinski definition) is 1. The van der Waals surface area contributed by atoms with Crippen LogP contribution in [0.1, 0.15) is 35.1 Å². The summed E-state index contributed by atoms with van der Waals surface area (Å²) in [6.07, 6.45) is 6.27. The van der Waals surface area contributed by atoms with Crippen molar-refractivity contribution in [1.29, 1.82) is 0 Å². The van der Waals surface area contributed by atoms with Crippen LogP contribution in [-0.4, -0.2) is 58.0 Å². The number of likely N-dealkylation sites (N-methyl/N-ethyl adjacent to an activating group) is 1. The Morgan fingerprint density at radius 3 is 2.44 bits per heavy atom. The van der Waals surface area contributed by atoms with Gasteiger partial charge in [-0.25, -0.2) is 8.51 Å². The number of amides is 1. The van der Waals surface area contributed by atoms with Crippen molar-refractivity contribution in [3.63, 3.8) is 0 Å². The van der Waals surface area contributed by atoms with Crippen LogP contribution < -0.4 is 10.1 Å². The van der Waals surface area contributed by atoms with E-state index in [1.807, 2.05) is 49.5 Å². The first-order valence-electron chi connectivity index (χ1n) is 12.6. The summed E-state index contributed by atoms with van der Waals surface area (Å²) in [5, 5.41) is 3.07. The topological polar surface area (TPSA) is 61.9 Å². The number of rotatable bonds is 7. The van der Waals surface area contributed by atoms with Crippen molar-refractivity contribution in [2.75, 3.05) is 33.8 Å². The molecule has 1 fully saturated rings. The standard InChI is InChI=1S/C29H35N3O3S/c1-20-12-26(35-4)13-21(2)28(20)36(34)27-16-24(15-25(27)19-31(36)3)29(33)30-17-22-8-7-9-23(14-22)18-32-10-5-6-11-32/h7-9,12-16H,5-6,10-11,17-19H2,1-4H3,(H,30,33). The van der Waals surface area contributed by atoms with Gasteiger partial charge in [-0.05, 0) is 98.9 Å². The zero-order valence-corrected chi connectivity index (χ0v) is 22.4. The molecule has 36 heavy (non-hydrogen) atoms. The van der Waals surface area contributed by atoms with Crippen LogP contribution in [0, 0.1) is 13.8 Å². The summed E-state index contributed by atoms with van der Waals surface area (Å²) >= 11 is 0. The lowest BCUT2D eigenvalue weighted by Crippen LogP contribution is -2.27. The molecule has 0 bridgehead atoms. The van der Waals surface area contributed by atoms with Crippen molar-refractivity contribution in [3.8, 4) is 5.75 Å². The number of methoxy groups -OCH3 is 1. The molecular formula is C29H35N3O3S. The Morgan fingerprint density at radius 2 is 1.75 bits per heavy atom. The average molecular weight is 506 g/mol. The van der Waals surface area contributed by atoms with E-state index in [4.69, 9.17) is 4.74 Å². The Kier molecular flexibility index (Phi) is 6.81.